The minimum Gasteiger partial charge on any atom is -0.390 e. The van der Waals surface area contributed by atoms with Gasteiger partial charge in [0.1, 0.15) is 16.9 Å². The normalized spacial score (nSPS) is 10.9. The lowest BCUT2D eigenvalue weighted by Crippen LogP contribution is -1.96. The zero-order valence-corrected chi connectivity index (χ0v) is 34.3. The predicted molar refractivity (Wildman–Crippen MR) is 235 cm³/mol. The fraction of sp³-hybridized carbons (Fsp3) is 0.149. The number of aromatic nitrogens is 6. The molecule has 13 nitrogen and oxygen atoms in total. The van der Waals surface area contributed by atoms with Crippen LogP contribution < -0.4 is 0 Å². The summed E-state index contributed by atoms with van der Waals surface area (Å²) < 4.78 is 5.68. The van der Waals surface area contributed by atoms with Crippen molar-refractivity contribution in [2.24, 2.45) is 0 Å². The van der Waals surface area contributed by atoms with Crippen molar-refractivity contribution in [3.05, 3.63) is 182 Å². The highest BCUT2D eigenvalue weighted by Gasteiger charge is 2.17. The van der Waals surface area contributed by atoms with E-state index in [0.29, 0.717) is 33.2 Å². The SMILES string of the molecule is CCc1ccc2nc(-c3cccc([N+](=O)[O-])c3)c(CO)n2c1.Cc1ccc2nc(-c3ccc(C#N)cc3)c(CO)n2c1.Cc1ccc2nc(-c3ccc(Cl)cc3)c(CO)n2c1. The molecule has 9 rings (SSSR count). The summed E-state index contributed by atoms with van der Waals surface area (Å²) in [6, 6.07) is 34.8. The summed E-state index contributed by atoms with van der Waals surface area (Å²) in [6.45, 7) is 5.75. The molecule has 9 aromatic rings. The number of non-ortho nitro benzene ring substituents is 1. The fourth-order valence-electron chi connectivity index (χ4n) is 6.97. The summed E-state index contributed by atoms with van der Waals surface area (Å²) in [7, 11) is 0. The molecule has 0 saturated carbocycles. The zero-order chi connectivity index (χ0) is 43.2. The molecule has 0 atom stereocenters. The van der Waals surface area contributed by atoms with E-state index >= 15 is 0 Å². The lowest BCUT2D eigenvalue weighted by Gasteiger charge is -2.03. The van der Waals surface area contributed by atoms with Crippen LogP contribution in [0.15, 0.2) is 128 Å². The van der Waals surface area contributed by atoms with Crippen LogP contribution in [0.3, 0.4) is 0 Å². The van der Waals surface area contributed by atoms with Gasteiger partial charge in [0.05, 0.1) is 70.5 Å². The molecule has 14 heteroatoms. The van der Waals surface area contributed by atoms with Crippen LogP contribution in [0.1, 0.15) is 46.3 Å². The smallest absolute Gasteiger partial charge is 0.270 e. The summed E-state index contributed by atoms with van der Waals surface area (Å²) in [5.41, 5.74) is 13.1. The first-order valence-corrected chi connectivity index (χ1v) is 19.7. The van der Waals surface area contributed by atoms with E-state index < -0.39 is 4.92 Å². The van der Waals surface area contributed by atoms with Crippen LogP contribution in [0, 0.1) is 35.3 Å². The maximum atomic E-state index is 10.9. The van der Waals surface area contributed by atoms with E-state index in [2.05, 4.69) is 27.9 Å². The first-order chi connectivity index (χ1) is 29.5. The molecule has 0 aliphatic heterocycles. The highest BCUT2D eigenvalue weighted by atomic mass is 35.5. The van der Waals surface area contributed by atoms with Crippen molar-refractivity contribution in [2.45, 2.75) is 47.0 Å². The van der Waals surface area contributed by atoms with Crippen LogP contribution in [-0.4, -0.2) is 48.4 Å². The van der Waals surface area contributed by atoms with Crippen molar-refractivity contribution in [3.8, 4) is 39.8 Å². The van der Waals surface area contributed by atoms with Crippen LogP contribution in [0.25, 0.3) is 50.7 Å². The zero-order valence-electron chi connectivity index (χ0n) is 33.6. The van der Waals surface area contributed by atoms with Crippen molar-refractivity contribution < 1.29 is 20.2 Å². The van der Waals surface area contributed by atoms with Gasteiger partial charge in [0.2, 0.25) is 0 Å². The number of nitriles is 1. The number of benzene rings is 3. The van der Waals surface area contributed by atoms with Crippen LogP contribution in [0.4, 0.5) is 5.69 Å². The molecular weight excluding hydrogens is 792 g/mol. The second-order valence-corrected chi connectivity index (χ2v) is 14.6. The fourth-order valence-corrected chi connectivity index (χ4v) is 7.10. The maximum absolute atomic E-state index is 10.9. The molecule has 3 aromatic carbocycles. The molecule has 0 aliphatic carbocycles. The van der Waals surface area contributed by atoms with Gasteiger partial charge >= 0.3 is 0 Å². The van der Waals surface area contributed by atoms with Gasteiger partial charge in [-0.1, -0.05) is 73.1 Å². The lowest BCUT2D eigenvalue weighted by atomic mass is 10.1. The van der Waals surface area contributed by atoms with Gasteiger partial charge in [0, 0.05) is 52.4 Å². The molecule has 0 unspecified atom stereocenters. The number of aryl methyl sites for hydroxylation is 3. The van der Waals surface area contributed by atoms with Crippen molar-refractivity contribution in [1.29, 1.82) is 5.26 Å². The maximum Gasteiger partial charge on any atom is 0.270 e. The Hall–Kier alpha value is -7.21. The summed E-state index contributed by atoms with van der Waals surface area (Å²) in [4.78, 5) is 24.2. The van der Waals surface area contributed by atoms with Crippen molar-refractivity contribution in [2.75, 3.05) is 0 Å². The lowest BCUT2D eigenvalue weighted by molar-refractivity contribution is -0.384. The first kappa shape index (κ1) is 41.9. The topological polar surface area (TPSA) is 180 Å². The van der Waals surface area contributed by atoms with Gasteiger partial charge in [-0.2, -0.15) is 5.26 Å². The molecule has 6 aromatic heterocycles. The molecule has 0 amide bonds. The standard InChI is InChI=1S/C16H15N3O3.C16H13N3O.C15H13ClN2O/c1-2-11-6-7-15-17-16(14(10-20)18(15)9-11)12-4-3-5-13(8-12)19(21)22;1-11-2-7-15-18-16(14(10-20)19(15)9-11)13-5-3-12(8-17)4-6-13;1-10-2-7-14-17-15(13(9-19)18(14)8-10)11-3-5-12(16)6-4-11/h3-9,20H,2,10H2,1H3;2-7,9,20H,10H2,1H3;2-8,19H,9H2,1H3. The number of nitro groups is 1. The summed E-state index contributed by atoms with van der Waals surface area (Å²) in [6.07, 6.45) is 6.76. The Balaban J connectivity index is 0.000000138. The van der Waals surface area contributed by atoms with Gasteiger partial charge in [-0.25, -0.2) is 15.0 Å². The molecule has 0 saturated heterocycles. The average Bonchev–Trinajstić information content (AvgIpc) is 3.97. The Labute approximate surface area is 355 Å². The molecule has 0 spiro atoms. The number of hydrogen-bond donors (Lipinski definition) is 3. The molecule has 0 bridgehead atoms. The summed E-state index contributed by atoms with van der Waals surface area (Å²) in [5.74, 6) is 0. The van der Waals surface area contributed by atoms with E-state index in [9.17, 15) is 25.4 Å². The van der Waals surface area contributed by atoms with Gasteiger partial charge in [-0.3, -0.25) is 10.1 Å². The first-order valence-electron chi connectivity index (χ1n) is 19.3. The Bertz CT molecular complexity index is 3060. The molecule has 61 heavy (non-hydrogen) atoms. The molecule has 0 fully saturated rings. The number of rotatable bonds is 8. The molecule has 0 radical (unpaired) electrons. The van der Waals surface area contributed by atoms with E-state index in [1.807, 2.05) is 118 Å². The third-order valence-electron chi connectivity index (χ3n) is 10.1. The van der Waals surface area contributed by atoms with Crippen LogP contribution in [-0.2, 0) is 26.2 Å². The number of hydrogen-bond acceptors (Lipinski definition) is 9. The largest absolute Gasteiger partial charge is 0.390 e. The monoisotopic (exact) mass is 832 g/mol. The molecule has 6 heterocycles. The third kappa shape index (κ3) is 8.89. The highest BCUT2D eigenvalue weighted by Crippen LogP contribution is 2.29. The number of nitrogens with zero attached hydrogens (tertiary/aromatic N) is 8. The number of aliphatic hydroxyl groups excluding tert-OH is 3. The molecular formula is C47H41ClN8O5. The second kappa shape index (κ2) is 18.4. The predicted octanol–water partition coefficient (Wildman–Crippen LogP) is 9.09. The van der Waals surface area contributed by atoms with Gasteiger partial charge in [-0.05, 0) is 79.4 Å². The summed E-state index contributed by atoms with van der Waals surface area (Å²) in [5, 5.41) is 49.4. The Morgan fingerprint density at radius 2 is 1.10 bits per heavy atom. The number of nitro benzene ring substituents is 1. The van der Waals surface area contributed by atoms with Gasteiger partial charge in [0.25, 0.3) is 5.69 Å². The second-order valence-electron chi connectivity index (χ2n) is 14.2. The van der Waals surface area contributed by atoms with Gasteiger partial charge in [-0.15, -0.1) is 0 Å². The molecule has 306 valence electrons. The Morgan fingerprint density at radius 3 is 1.56 bits per heavy atom. The van der Waals surface area contributed by atoms with Crippen LogP contribution in [0.5, 0.6) is 0 Å². The van der Waals surface area contributed by atoms with E-state index in [1.54, 1.807) is 24.3 Å². The summed E-state index contributed by atoms with van der Waals surface area (Å²) >= 11 is 5.90. The highest BCUT2D eigenvalue weighted by molar-refractivity contribution is 6.30. The molecule has 0 aliphatic rings. The minimum atomic E-state index is -0.437. The van der Waals surface area contributed by atoms with Gasteiger partial charge < -0.3 is 28.5 Å². The van der Waals surface area contributed by atoms with Crippen LogP contribution >= 0.6 is 11.6 Å². The van der Waals surface area contributed by atoms with Crippen LogP contribution in [0.2, 0.25) is 5.02 Å². The number of pyridine rings is 3. The minimum absolute atomic E-state index is 0.00712. The number of halogens is 1. The van der Waals surface area contributed by atoms with E-state index in [1.165, 1.54) is 12.1 Å². The van der Waals surface area contributed by atoms with E-state index in [0.717, 1.165) is 68.3 Å². The number of imidazole rings is 3. The average molecular weight is 833 g/mol. The molecule has 3 N–H and O–H groups in total. The quantitative estimate of drug-likeness (QED) is 0.0995. The van der Waals surface area contributed by atoms with E-state index in [-0.39, 0.29) is 25.5 Å². The van der Waals surface area contributed by atoms with E-state index in [4.69, 9.17) is 16.9 Å². The number of fused-ring (bicyclic) bond motifs is 3. The van der Waals surface area contributed by atoms with Crippen molar-refractivity contribution >= 4 is 34.2 Å². The number of aliphatic hydroxyl groups is 3. The van der Waals surface area contributed by atoms with Crippen molar-refractivity contribution in [3.63, 3.8) is 0 Å². The Kier molecular flexibility index (Phi) is 12.6. The third-order valence-corrected chi connectivity index (χ3v) is 10.4. The van der Waals surface area contributed by atoms with Gasteiger partial charge in [0.15, 0.2) is 0 Å². The van der Waals surface area contributed by atoms with Crippen molar-refractivity contribution in [1.82, 2.24) is 28.2 Å². The Morgan fingerprint density at radius 1 is 0.639 bits per heavy atom.